The maximum atomic E-state index is 14.6. The van der Waals surface area contributed by atoms with Crippen LogP contribution in [0.3, 0.4) is 0 Å². The number of aromatic nitrogens is 2. The number of hydrogen-bond donors (Lipinski definition) is 0. The standard InChI is InChI=1S/C25H21Cl2FN2O7/c1-14(31)35-13-21-20(36-12-15-2-6-17(26)7-3-15)10-22(37-21)29-11-19(28)24(33)30(25(29)34)23(32)16-4-8-18(27)9-5-16/h2-9,11,20-22H,10,12-13H2,1H3/t20?,21-,22-/m0/s1. The molecule has 2 heterocycles. The SMILES string of the molecule is CC(=O)OC[C@@H]1O[C@H](n2cc(F)c(=O)n(C(=O)c3ccc(Cl)cc3)c2=O)CC1OCc1ccc(Cl)cc1. The van der Waals surface area contributed by atoms with Crippen molar-refractivity contribution in [2.75, 3.05) is 6.61 Å². The molecule has 0 saturated carbocycles. The highest BCUT2D eigenvalue weighted by molar-refractivity contribution is 6.30. The van der Waals surface area contributed by atoms with Gasteiger partial charge in [-0.25, -0.2) is 4.79 Å². The van der Waals surface area contributed by atoms with E-state index in [-0.39, 0.29) is 29.8 Å². The van der Waals surface area contributed by atoms with Gasteiger partial charge in [0.25, 0.3) is 11.5 Å². The van der Waals surface area contributed by atoms with Crippen LogP contribution in [0.4, 0.5) is 4.39 Å². The van der Waals surface area contributed by atoms with E-state index in [0.29, 0.717) is 16.2 Å². The quantitative estimate of drug-likeness (QED) is 0.414. The summed E-state index contributed by atoms with van der Waals surface area (Å²) in [6.45, 7) is 1.21. The van der Waals surface area contributed by atoms with Crippen LogP contribution in [0.1, 0.15) is 35.5 Å². The fourth-order valence-electron chi connectivity index (χ4n) is 3.83. The zero-order valence-electron chi connectivity index (χ0n) is 19.4. The van der Waals surface area contributed by atoms with Crippen LogP contribution in [0.2, 0.25) is 10.0 Å². The first-order chi connectivity index (χ1) is 17.6. The third-order valence-electron chi connectivity index (χ3n) is 5.69. The van der Waals surface area contributed by atoms with E-state index in [9.17, 15) is 23.6 Å². The second kappa shape index (κ2) is 11.4. The number of ether oxygens (including phenoxy) is 3. The predicted molar refractivity (Wildman–Crippen MR) is 131 cm³/mol. The lowest BCUT2D eigenvalue weighted by atomic mass is 10.1. The van der Waals surface area contributed by atoms with Gasteiger partial charge in [-0.1, -0.05) is 35.3 Å². The molecule has 194 valence electrons. The minimum absolute atomic E-state index is 0.0370. The van der Waals surface area contributed by atoms with E-state index in [1.165, 1.54) is 31.2 Å². The molecule has 12 heteroatoms. The Hall–Kier alpha value is -3.31. The van der Waals surface area contributed by atoms with Crippen molar-refractivity contribution in [3.8, 4) is 0 Å². The molecule has 9 nitrogen and oxygen atoms in total. The molecule has 0 radical (unpaired) electrons. The van der Waals surface area contributed by atoms with Crippen molar-refractivity contribution in [3.63, 3.8) is 0 Å². The number of benzene rings is 2. The Kier molecular flexibility index (Phi) is 8.23. The molecule has 1 aromatic heterocycles. The first kappa shape index (κ1) is 26.7. The van der Waals surface area contributed by atoms with Gasteiger partial charge >= 0.3 is 11.7 Å². The van der Waals surface area contributed by atoms with Gasteiger partial charge in [-0.3, -0.25) is 19.0 Å². The summed E-state index contributed by atoms with van der Waals surface area (Å²) >= 11 is 11.7. The summed E-state index contributed by atoms with van der Waals surface area (Å²) in [4.78, 5) is 49.9. The van der Waals surface area contributed by atoms with E-state index in [0.717, 1.165) is 10.1 Å². The summed E-state index contributed by atoms with van der Waals surface area (Å²) in [6, 6.07) is 12.4. The number of rotatable bonds is 7. The lowest BCUT2D eigenvalue weighted by Gasteiger charge is -2.19. The summed E-state index contributed by atoms with van der Waals surface area (Å²) in [5.74, 6) is -2.90. The van der Waals surface area contributed by atoms with Crippen LogP contribution >= 0.6 is 23.2 Å². The normalized spacial score (nSPS) is 19.1. The second-order valence-electron chi connectivity index (χ2n) is 8.26. The van der Waals surface area contributed by atoms with E-state index in [4.69, 9.17) is 37.4 Å². The highest BCUT2D eigenvalue weighted by atomic mass is 35.5. The molecule has 3 aromatic rings. The van der Waals surface area contributed by atoms with Gasteiger partial charge in [0.1, 0.15) is 18.9 Å². The molecular formula is C25H21Cl2FN2O7. The smallest absolute Gasteiger partial charge is 0.340 e. The molecular weight excluding hydrogens is 530 g/mol. The average molecular weight is 551 g/mol. The molecule has 0 spiro atoms. The van der Waals surface area contributed by atoms with Crippen molar-refractivity contribution < 1.29 is 28.2 Å². The van der Waals surface area contributed by atoms with E-state index in [1.54, 1.807) is 24.3 Å². The molecule has 0 N–H and O–H groups in total. The van der Waals surface area contributed by atoms with Crippen LogP contribution in [-0.2, 0) is 25.6 Å². The molecule has 0 aliphatic carbocycles. The Morgan fingerprint density at radius 2 is 1.68 bits per heavy atom. The number of hydrogen-bond acceptors (Lipinski definition) is 7. The van der Waals surface area contributed by atoms with Crippen LogP contribution in [-0.4, -0.2) is 39.8 Å². The number of esters is 1. The molecule has 4 rings (SSSR count). The van der Waals surface area contributed by atoms with E-state index >= 15 is 0 Å². The molecule has 2 aromatic carbocycles. The van der Waals surface area contributed by atoms with Crippen molar-refractivity contribution in [2.45, 2.75) is 38.4 Å². The van der Waals surface area contributed by atoms with Crippen molar-refractivity contribution in [1.82, 2.24) is 9.13 Å². The third kappa shape index (κ3) is 6.16. The van der Waals surface area contributed by atoms with E-state index in [1.807, 2.05) is 0 Å². The highest BCUT2D eigenvalue weighted by Crippen LogP contribution is 2.31. The molecule has 1 aliphatic rings. The lowest BCUT2D eigenvalue weighted by Crippen LogP contribution is -2.46. The molecule has 37 heavy (non-hydrogen) atoms. The van der Waals surface area contributed by atoms with Gasteiger partial charge in [0.15, 0.2) is 0 Å². The summed E-state index contributed by atoms with van der Waals surface area (Å²) in [7, 11) is 0. The first-order valence-electron chi connectivity index (χ1n) is 11.1. The monoisotopic (exact) mass is 550 g/mol. The molecule has 0 amide bonds. The zero-order chi connectivity index (χ0) is 26.7. The highest BCUT2D eigenvalue weighted by Gasteiger charge is 2.39. The first-order valence-corrected chi connectivity index (χ1v) is 11.9. The Morgan fingerprint density at radius 3 is 2.30 bits per heavy atom. The maximum Gasteiger partial charge on any atom is 0.340 e. The van der Waals surface area contributed by atoms with Gasteiger partial charge in [0.2, 0.25) is 5.82 Å². The summed E-state index contributed by atoms with van der Waals surface area (Å²) < 4.78 is 32.6. The minimum Gasteiger partial charge on any atom is -0.463 e. The van der Waals surface area contributed by atoms with Crippen molar-refractivity contribution in [2.24, 2.45) is 0 Å². The van der Waals surface area contributed by atoms with Gasteiger partial charge in [0, 0.05) is 29.0 Å². The number of halogens is 3. The minimum atomic E-state index is -1.40. The Labute approximate surface area is 219 Å². The fourth-order valence-corrected chi connectivity index (χ4v) is 4.08. The maximum absolute atomic E-state index is 14.6. The summed E-state index contributed by atoms with van der Waals surface area (Å²) in [5.41, 5.74) is -1.72. The van der Waals surface area contributed by atoms with Crippen molar-refractivity contribution in [3.05, 3.63) is 103 Å². The van der Waals surface area contributed by atoms with Gasteiger partial charge in [-0.2, -0.15) is 8.96 Å². The largest absolute Gasteiger partial charge is 0.463 e. The van der Waals surface area contributed by atoms with Crippen molar-refractivity contribution >= 4 is 35.1 Å². The van der Waals surface area contributed by atoms with Crippen LogP contribution in [0.15, 0.2) is 64.3 Å². The predicted octanol–water partition coefficient (Wildman–Crippen LogP) is 3.58. The molecule has 1 fully saturated rings. The Morgan fingerprint density at radius 1 is 1.05 bits per heavy atom. The fraction of sp³-hybridized carbons (Fsp3) is 0.280. The topological polar surface area (TPSA) is 106 Å². The summed E-state index contributed by atoms with van der Waals surface area (Å²) in [5, 5.41) is 0.897. The van der Waals surface area contributed by atoms with Crippen molar-refractivity contribution in [1.29, 1.82) is 0 Å². The van der Waals surface area contributed by atoms with Crippen LogP contribution in [0.25, 0.3) is 0 Å². The lowest BCUT2D eigenvalue weighted by molar-refractivity contribution is -0.148. The summed E-state index contributed by atoms with van der Waals surface area (Å²) in [6.07, 6.45) is -1.84. The second-order valence-corrected chi connectivity index (χ2v) is 9.14. The van der Waals surface area contributed by atoms with Crippen LogP contribution in [0.5, 0.6) is 0 Å². The Balaban J connectivity index is 1.62. The molecule has 1 unspecified atom stereocenters. The third-order valence-corrected chi connectivity index (χ3v) is 6.19. The van der Waals surface area contributed by atoms with Crippen LogP contribution < -0.4 is 11.2 Å². The van der Waals surface area contributed by atoms with Gasteiger partial charge in [-0.15, -0.1) is 0 Å². The molecule has 0 bridgehead atoms. The number of carbonyl (C=O) groups excluding carboxylic acids is 2. The zero-order valence-corrected chi connectivity index (χ0v) is 20.9. The average Bonchev–Trinajstić information content (AvgIpc) is 3.28. The van der Waals surface area contributed by atoms with E-state index in [2.05, 4.69) is 0 Å². The van der Waals surface area contributed by atoms with Gasteiger partial charge < -0.3 is 14.2 Å². The molecule has 1 aliphatic heterocycles. The number of nitrogens with zero attached hydrogens (tertiary/aromatic N) is 2. The number of carbonyl (C=O) groups is 2. The van der Waals surface area contributed by atoms with Gasteiger partial charge in [0.05, 0.1) is 18.9 Å². The Bertz CT molecular complexity index is 1420. The van der Waals surface area contributed by atoms with Crippen LogP contribution in [0, 0.1) is 5.82 Å². The molecule has 3 atom stereocenters. The molecule has 1 saturated heterocycles. The van der Waals surface area contributed by atoms with Gasteiger partial charge in [-0.05, 0) is 42.0 Å². The van der Waals surface area contributed by atoms with E-state index < -0.39 is 47.4 Å².